The Morgan fingerprint density at radius 3 is 2.44 bits per heavy atom. The van der Waals surface area contributed by atoms with Crippen LogP contribution in [0.15, 0.2) is 35.9 Å². The lowest BCUT2D eigenvalue weighted by Crippen LogP contribution is -2.52. The molecule has 2 fully saturated rings. The number of nitro groups is 1. The molecular formula is C27H39N5O4. The number of non-ortho nitro benzene ring substituents is 1. The Labute approximate surface area is 213 Å². The van der Waals surface area contributed by atoms with Gasteiger partial charge in [-0.3, -0.25) is 19.8 Å². The minimum atomic E-state index is -0.461. The van der Waals surface area contributed by atoms with Crippen molar-refractivity contribution in [3.8, 4) is 0 Å². The molecule has 1 aromatic rings. The van der Waals surface area contributed by atoms with Gasteiger partial charge in [0.15, 0.2) is 0 Å². The van der Waals surface area contributed by atoms with Gasteiger partial charge in [0.05, 0.1) is 4.92 Å². The van der Waals surface area contributed by atoms with E-state index in [-0.39, 0.29) is 17.6 Å². The standard InChI is InChI=1S/C27H39N5O4/c1-4-5-25(33)31(19-20-6-7-21-18-24(20)27(21,2)3)17-14-29-12-15-30(16-13-29)26(34)28-22-8-10-23(11-9-22)32(35)36/h6,8-11,21,24H,4-5,7,12-19H2,1-3H3,(H,28,34). The van der Waals surface area contributed by atoms with Crippen molar-refractivity contribution in [1.82, 2.24) is 14.7 Å². The van der Waals surface area contributed by atoms with E-state index >= 15 is 0 Å². The van der Waals surface area contributed by atoms with Crippen LogP contribution in [0.2, 0.25) is 0 Å². The summed E-state index contributed by atoms with van der Waals surface area (Å²) in [6.45, 7) is 11.8. The summed E-state index contributed by atoms with van der Waals surface area (Å²) in [5.74, 6) is 1.63. The Balaban J connectivity index is 1.25. The molecule has 3 amide bonds. The Morgan fingerprint density at radius 2 is 1.86 bits per heavy atom. The van der Waals surface area contributed by atoms with Gasteiger partial charge in [0, 0.05) is 70.1 Å². The van der Waals surface area contributed by atoms with Crippen LogP contribution in [0.1, 0.15) is 46.5 Å². The predicted molar refractivity (Wildman–Crippen MR) is 140 cm³/mol. The number of piperazine rings is 1. The lowest BCUT2D eigenvalue weighted by molar-refractivity contribution is -0.384. The zero-order valence-electron chi connectivity index (χ0n) is 21.7. The largest absolute Gasteiger partial charge is 0.337 e. The molecule has 2 bridgehead atoms. The average Bonchev–Trinajstić information content (AvgIpc) is 2.87. The molecule has 1 aliphatic heterocycles. The number of hydrogen-bond acceptors (Lipinski definition) is 5. The highest BCUT2D eigenvalue weighted by Gasteiger charge is 2.51. The molecule has 2 atom stereocenters. The number of nitrogens with zero attached hydrogens (tertiary/aromatic N) is 4. The first kappa shape index (κ1) is 26.1. The van der Waals surface area contributed by atoms with Gasteiger partial charge in [-0.2, -0.15) is 0 Å². The number of anilines is 1. The maximum atomic E-state index is 12.9. The molecule has 0 spiro atoms. The third-order valence-electron chi connectivity index (χ3n) is 8.45. The molecule has 4 aliphatic rings. The van der Waals surface area contributed by atoms with Crippen LogP contribution in [0, 0.1) is 27.4 Å². The summed E-state index contributed by atoms with van der Waals surface area (Å²) >= 11 is 0. The van der Waals surface area contributed by atoms with Crippen LogP contribution in [0.3, 0.4) is 0 Å². The number of carbonyl (C=O) groups is 2. The quantitative estimate of drug-likeness (QED) is 0.310. The average molecular weight is 498 g/mol. The highest BCUT2D eigenvalue weighted by Crippen LogP contribution is 2.59. The topological polar surface area (TPSA) is 99.0 Å². The van der Waals surface area contributed by atoms with Crippen molar-refractivity contribution in [2.45, 2.75) is 46.5 Å². The fourth-order valence-electron chi connectivity index (χ4n) is 5.85. The molecule has 5 rings (SSSR count). The minimum Gasteiger partial charge on any atom is -0.337 e. The second-order valence-electron chi connectivity index (χ2n) is 10.9. The van der Waals surface area contributed by atoms with Gasteiger partial charge in [-0.25, -0.2) is 4.79 Å². The van der Waals surface area contributed by atoms with Crippen molar-refractivity contribution < 1.29 is 14.5 Å². The van der Waals surface area contributed by atoms with E-state index in [1.807, 2.05) is 0 Å². The summed E-state index contributed by atoms with van der Waals surface area (Å²) in [6, 6.07) is 5.65. The van der Waals surface area contributed by atoms with E-state index in [1.54, 1.807) is 17.0 Å². The summed E-state index contributed by atoms with van der Waals surface area (Å²) in [4.78, 5) is 42.0. The van der Waals surface area contributed by atoms with Crippen molar-refractivity contribution in [3.05, 3.63) is 46.0 Å². The van der Waals surface area contributed by atoms with Gasteiger partial charge in [-0.15, -0.1) is 0 Å². The maximum absolute atomic E-state index is 12.9. The molecule has 0 radical (unpaired) electrons. The molecule has 1 heterocycles. The monoisotopic (exact) mass is 497 g/mol. The zero-order valence-corrected chi connectivity index (χ0v) is 21.7. The number of allylic oxidation sites excluding steroid dienone is 1. The zero-order chi connectivity index (χ0) is 25.9. The second kappa shape index (κ2) is 11.0. The highest BCUT2D eigenvalue weighted by molar-refractivity contribution is 5.89. The Bertz CT molecular complexity index is 998. The van der Waals surface area contributed by atoms with Crippen LogP contribution in [-0.4, -0.2) is 77.4 Å². The third-order valence-corrected chi connectivity index (χ3v) is 8.45. The highest BCUT2D eigenvalue weighted by atomic mass is 16.6. The summed E-state index contributed by atoms with van der Waals surface area (Å²) in [7, 11) is 0. The van der Waals surface area contributed by atoms with Crippen molar-refractivity contribution in [3.63, 3.8) is 0 Å². The fourth-order valence-corrected chi connectivity index (χ4v) is 5.85. The number of hydrogen-bond donors (Lipinski definition) is 1. The molecule has 3 aliphatic carbocycles. The van der Waals surface area contributed by atoms with E-state index in [1.165, 1.54) is 24.1 Å². The van der Waals surface area contributed by atoms with Crippen LogP contribution < -0.4 is 5.32 Å². The number of rotatable bonds is 9. The lowest BCUT2D eigenvalue weighted by Gasteiger charge is -2.57. The first-order chi connectivity index (χ1) is 17.2. The third kappa shape index (κ3) is 5.72. The van der Waals surface area contributed by atoms with E-state index in [2.05, 4.69) is 42.0 Å². The van der Waals surface area contributed by atoms with E-state index in [4.69, 9.17) is 0 Å². The Hall–Kier alpha value is -2.94. The summed E-state index contributed by atoms with van der Waals surface area (Å²) < 4.78 is 0. The number of carbonyl (C=O) groups excluding carboxylic acids is 2. The van der Waals surface area contributed by atoms with E-state index in [9.17, 15) is 19.7 Å². The Morgan fingerprint density at radius 1 is 1.17 bits per heavy atom. The maximum Gasteiger partial charge on any atom is 0.321 e. The van der Waals surface area contributed by atoms with E-state index in [0.717, 1.165) is 44.9 Å². The smallest absolute Gasteiger partial charge is 0.321 e. The molecule has 36 heavy (non-hydrogen) atoms. The number of urea groups is 1. The minimum absolute atomic E-state index is 0.00607. The van der Waals surface area contributed by atoms with E-state index < -0.39 is 4.92 Å². The van der Waals surface area contributed by atoms with Crippen LogP contribution in [0.5, 0.6) is 0 Å². The van der Waals surface area contributed by atoms with Crippen LogP contribution in [0.4, 0.5) is 16.2 Å². The second-order valence-corrected chi connectivity index (χ2v) is 10.9. The number of nitrogens with one attached hydrogen (secondary N) is 1. The predicted octanol–water partition coefficient (Wildman–Crippen LogP) is 4.37. The molecular weight excluding hydrogens is 458 g/mol. The number of nitro benzene ring substituents is 1. The molecule has 9 nitrogen and oxygen atoms in total. The molecule has 0 aromatic heterocycles. The first-order valence-electron chi connectivity index (χ1n) is 13.2. The SMILES string of the molecule is CCCC(=O)N(CCN1CCN(C(=O)Nc2ccc([N+](=O)[O-])cc2)CC1)CC1=CCC2CC1C2(C)C. The van der Waals surface area contributed by atoms with Gasteiger partial charge >= 0.3 is 6.03 Å². The first-order valence-corrected chi connectivity index (χ1v) is 13.2. The number of amides is 3. The molecule has 1 saturated heterocycles. The molecule has 1 saturated carbocycles. The van der Waals surface area contributed by atoms with Crippen molar-refractivity contribution in [2.24, 2.45) is 17.3 Å². The summed E-state index contributed by atoms with van der Waals surface area (Å²) in [5, 5.41) is 13.6. The van der Waals surface area contributed by atoms with Crippen molar-refractivity contribution in [1.29, 1.82) is 0 Å². The number of benzene rings is 1. The molecule has 9 heteroatoms. The fraction of sp³-hybridized carbons (Fsp3) is 0.630. The summed E-state index contributed by atoms with van der Waals surface area (Å²) in [6.07, 6.45) is 6.23. The van der Waals surface area contributed by atoms with Crippen LogP contribution >= 0.6 is 0 Å². The summed E-state index contributed by atoms with van der Waals surface area (Å²) in [5.41, 5.74) is 2.33. The van der Waals surface area contributed by atoms with Crippen LogP contribution in [0.25, 0.3) is 0 Å². The molecule has 1 N–H and O–H groups in total. The van der Waals surface area contributed by atoms with Gasteiger partial charge < -0.3 is 15.1 Å². The molecule has 1 aromatic carbocycles. The molecule has 196 valence electrons. The number of fused-ring (bicyclic) bond motifs is 1. The van der Waals surface area contributed by atoms with Crippen molar-refractivity contribution in [2.75, 3.05) is 51.1 Å². The molecule has 2 unspecified atom stereocenters. The lowest BCUT2D eigenvalue weighted by atomic mass is 9.49. The van der Waals surface area contributed by atoms with Gasteiger partial charge in [0.1, 0.15) is 0 Å². The van der Waals surface area contributed by atoms with Gasteiger partial charge in [0.25, 0.3) is 5.69 Å². The van der Waals surface area contributed by atoms with Gasteiger partial charge in [-0.05, 0) is 48.6 Å². The van der Waals surface area contributed by atoms with E-state index in [0.29, 0.717) is 43.1 Å². The van der Waals surface area contributed by atoms with Gasteiger partial charge in [0.2, 0.25) is 5.91 Å². The van der Waals surface area contributed by atoms with Crippen molar-refractivity contribution >= 4 is 23.3 Å². The van der Waals surface area contributed by atoms with Crippen LogP contribution in [-0.2, 0) is 4.79 Å². The van der Waals surface area contributed by atoms with Gasteiger partial charge in [-0.1, -0.05) is 32.4 Å². The normalized spacial score (nSPS) is 22.9. The Kier molecular flexibility index (Phi) is 7.97.